The van der Waals surface area contributed by atoms with Crippen LogP contribution in [0.4, 0.5) is 0 Å². The minimum absolute atomic E-state index is 0.210. The Bertz CT molecular complexity index is 833. The minimum Gasteiger partial charge on any atom is -0.472 e. The van der Waals surface area contributed by atoms with Gasteiger partial charge in [-0.1, -0.05) is 13.8 Å². The van der Waals surface area contributed by atoms with E-state index in [-0.39, 0.29) is 5.76 Å². The van der Waals surface area contributed by atoms with Gasteiger partial charge in [-0.15, -0.1) is 0 Å². The first-order chi connectivity index (χ1) is 14.7. The highest BCUT2D eigenvalue weighted by molar-refractivity contribution is 5.89. The van der Waals surface area contributed by atoms with Crippen molar-refractivity contribution in [1.29, 1.82) is 0 Å². The Morgan fingerprint density at radius 1 is 1.19 bits per heavy atom. The topological polar surface area (TPSA) is 159 Å². The largest absolute Gasteiger partial charge is 0.472 e. The first-order valence-electron chi connectivity index (χ1n) is 10.3. The molecule has 1 aromatic rings. The van der Waals surface area contributed by atoms with Gasteiger partial charge in [0.15, 0.2) is 0 Å². The molecule has 0 bridgehead atoms. The highest BCUT2D eigenvalue weighted by Gasteiger charge is 2.55. The number of cyclic esters (lactones) is 1. The molecule has 1 saturated carbocycles. The molecule has 31 heavy (non-hydrogen) atoms. The Morgan fingerprint density at radius 3 is 2.58 bits per heavy atom. The van der Waals surface area contributed by atoms with Gasteiger partial charge in [-0.25, -0.2) is 4.79 Å². The SMILES string of the molecule is CC1C2=C(OC3OC(CO)C(O)C(O)C3O)C(=O)OC(c3ccoc3)C2(C)CCC1O. The monoisotopic (exact) mass is 440 g/mol. The molecule has 1 saturated heterocycles. The van der Waals surface area contributed by atoms with Crippen molar-refractivity contribution >= 4 is 5.97 Å². The number of rotatable bonds is 4. The fourth-order valence-electron chi connectivity index (χ4n) is 4.94. The Labute approximate surface area is 178 Å². The molecule has 9 atom stereocenters. The molecule has 0 spiro atoms. The van der Waals surface area contributed by atoms with Crippen LogP contribution in [0.15, 0.2) is 34.3 Å². The lowest BCUT2D eigenvalue weighted by Crippen LogP contribution is -2.59. The van der Waals surface area contributed by atoms with Crippen LogP contribution in [0.5, 0.6) is 0 Å². The Balaban J connectivity index is 1.74. The Morgan fingerprint density at radius 2 is 1.94 bits per heavy atom. The second kappa shape index (κ2) is 8.19. The normalized spacial score (nSPS) is 43.4. The fraction of sp³-hybridized carbons (Fsp3) is 0.667. The summed E-state index contributed by atoms with van der Waals surface area (Å²) in [7, 11) is 0. The van der Waals surface area contributed by atoms with Crippen LogP contribution in [-0.2, 0) is 19.0 Å². The number of fused-ring (bicyclic) bond motifs is 1. The van der Waals surface area contributed by atoms with E-state index in [0.29, 0.717) is 24.0 Å². The van der Waals surface area contributed by atoms with Gasteiger partial charge < -0.3 is 44.2 Å². The Kier molecular flexibility index (Phi) is 5.88. The molecule has 3 aliphatic rings. The molecule has 10 heteroatoms. The van der Waals surface area contributed by atoms with Crippen molar-refractivity contribution in [2.75, 3.05) is 6.61 Å². The maximum atomic E-state index is 13.0. The molecular formula is C21H28O10. The van der Waals surface area contributed by atoms with Crippen molar-refractivity contribution in [2.45, 2.75) is 69.6 Å². The first-order valence-corrected chi connectivity index (χ1v) is 10.3. The Hall–Kier alpha value is -1.95. The molecule has 9 unspecified atom stereocenters. The summed E-state index contributed by atoms with van der Waals surface area (Å²) in [4.78, 5) is 13.0. The third-order valence-corrected chi connectivity index (χ3v) is 6.77. The van der Waals surface area contributed by atoms with Gasteiger partial charge in [0.1, 0.15) is 30.5 Å². The van der Waals surface area contributed by atoms with Gasteiger partial charge in [-0.05, 0) is 24.5 Å². The standard InChI is InChI=1S/C21H28O10/c1-9-11(23)3-5-21(2)13(9)17(19(27)31-18(21)10-4-6-28-8-10)30-20-16(26)15(25)14(24)12(7-22)29-20/h4,6,8-9,11-12,14-16,18,20,22-26H,3,5,7H2,1-2H3. The van der Waals surface area contributed by atoms with E-state index in [1.807, 2.05) is 6.92 Å². The summed E-state index contributed by atoms with van der Waals surface area (Å²) >= 11 is 0. The highest BCUT2D eigenvalue weighted by atomic mass is 16.7. The number of furan rings is 1. The molecule has 0 radical (unpaired) electrons. The van der Waals surface area contributed by atoms with E-state index in [0.717, 1.165) is 0 Å². The number of ether oxygens (including phenoxy) is 3. The van der Waals surface area contributed by atoms with Gasteiger partial charge in [-0.3, -0.25) is 0 Å². The lowest BCUT2D eigenvalue weighted by atomic mass is 9.61. The molecule has 3 heterocycles. The lowest BCUT2D eigenvalue weighted by molar-refractivity contribution is -0.293. The number of esters is 1. The van der Waals surface area contributed by atoms with E-state index < -0.39 is 66.8 Å². The van der Waals surface area contributed by atoms with Crippen LogP contribution in [0, 0.1) is 11.3 Å². The summed E-state index contributed by atoms with van der Waals surface area (Å²) in [6.07, 6.45) is -5.02. The van der Waals surface area contributed by atoms with Crippen LogP contribution in [-0.4, -0.2) is 74.9 Å². The summed E-state index contributed by atoms with van der Waals surface area (Å²) in [6, 6.07) is 1.71. The van der Waals surface area contributed by atoms with E-state index in [9.17, 15) is 30.3 Å². The third kappa shape index (κ3) is 3.57. The summed E-state index contributed by atoms with van der Waals surface area (Å²) in [6.45, 7) is 3.06. The zero-order valence-corrected chi connectivity index (χ0v) is 17.2. The molecule has 0 amide bonds. The molecule has 4 rings (SSSR count). The zero-order valence-electron chi connectivity index (χ0n) is 17.2. The first kappa shape index (κ1) is 22.3. The average Bonchev–Trinajstić information content (AvgIpc) is 3.28. The maximum Gasteiger partial charge on any atom is 0.374 e. The van der Waals surface area contributed by atoms with Crippen LogP contribution in [0.2, 0.25) is 0 Å². The van der Waals surface area contributed by atoms with Crippen LogP contribution in [0.3, 0.4) is 0 Å². The predicted octanol–water partition coefficient (Wildman–Crippen LogP) is -0.255. The van der Waals surface area contributed by atoms with Gasteiger partial charge in [0.2, 0.25) is 12.0 Å². The van der Waals surface area contributed by atoms with Crippen LogP contribution >= 0.6 is 0 Å². The molecule has 2 fully saturated rings. The molecule has 1 aliphatic carbocycles. The van der Waals surface area contributed by atoms with Gasteiger partial charge in [0.05, 0.1) is 25.2 Å². The second-order valence-corrected chi connectivity index (χ2v) is 8.71. The minimum atomic E-state index is -1.68. The number of hydrogen-bond donors (Lipinski definition) is 5. The van der Waals surface area contributed by atoms with Crippen molar-refractivity contribution in [3.63, 3.8) is 0 Å². The molecule has 172 valence electrons. The predicted molar refractivity (Wildman–Crippen MR) is 102 cm³/mol. The summed E-state index contributed by atoms with van der Waals surface area (Å²) in [5, 5.41) is 50.3. The van der Waals surface area contributed by atoms with Crippen molar-refractivity contribution in [3.05, 3.63) is 35.5 Å². The van der Waals surface area contributed by atoms with Gasteiger partial charge in [-0.2, -0.15) is 0 Å². The number of aliphatic hydroxyl groups is 5. The van der Waals surface area contributed by atoms with E-state index in [1.165, 1.54) is 12.5 Å². The fourth-order valence-corrected chi connectivity index (χ4v) is 4.94. The van der Waals surface area contributed by atoms with Crippen LogP contribution < -0.4 is 0 Å². The maximum absolute atomic E-state index is 13.0. The van der Waals surface area contributed by atoms with E-state index in [1.54, 1.807) is 13.0 Å². The summed E-state index contributed by atoms with van der Waals surface area (Å²) in [5.41, 5.74) is 0.467. The smallest absolute Gasteiger partial charge is 0.374 e. The van der Waals surface area contributed by atoms with Gasteiger partial charge in [0.25, 0.3) is 0 Å². The number of carbonyl (C=O) groups excluding carboxylic acids is 1. The molecule has 10 nitrogen and oxygen atoms in total. The molecule has 2 aliphatic heterocycles. The third-order valence-electron chi connectivity index (χ3n) is 6.77. The zero-order chi connectivity index (χ0) is 22.5. The van der Waals surface area contributed by atoms with Crippen LogP contribution in [0.25, 0.3) is 0 Å². The molecular weight excluding hydrogens is 412 g/mol. The average molecular weight is 440 g/mol. The number of aliphatic hydroxyl groups excluding tert-OH is 5. The second-order valence-electron chi connectivity index (χ2n) is 8.71. The van der Waals surface area contributed by atoms with E-state index >= 15 is 0 Å². The quantitative estimate of drug-likeness (QED) is 0.395. The van der Waals surface area contributed by atoms with E-state index in [2.05, 4.69) is 0 Å². The van der Waals surface area contributed by atoms with Crippen molar-refractivity contribution in [1.82, 2.24) is 0 Å². The summed E-state index contributed by atoms with van der Waals surface area (Å²) in [5.74, 6) is -1.48. The van der Waals surface area contributed by atoms with Crippen LogP contribution in [0.1, 0.15) is 38.4 Å². The van der Waals surface area contributed by atoms with Crippen molar-refractivity contribution in [3.8, 4) is 0 Å². The summed E-state index contributed by atoms with van der Waals surface area (Å²) < 4.78 is 22.0. The lowest BCUT2D eigenvalue weighted by Gasteiger charge is -2.49. The van der Waals surface area contributed by atoms with Gasteiger partial charge in [0, 0.05) is 16.9 Å². The molecule has 0 aromatic carbocycles. The molecule has 5 N–H and O–H groups in total. The van der Waals surface area contributed by atoms with Crippen molar-refractivity contribution in [2.24, 2.45) is 11.3 Å². The molecule has 1 aromatic heterocycles. The number of hydrogen-bond acceptors (Lipinski definition) is 10. The van der Waals surface area contributed by atoms with Gasteiger partial charge >= 0.3 is 5.97 Å². The highest BCUT2D eigenvalue weighted by Crippen LogP contribution is 2.57. The number of carbonyl (C=O) groups is 1. The van der Waals surface area contributed by atoms with Crippen molar-refractivity contribution < 1.29 is 49.0 Å². The van der Waals surface area contributed by atoms with E-state index in [4.69, 9.17) is 18.6 Å².